The number of hydrogen-bond donors (Lipinski definition) is 1. The first kappa shape index (κ1) is 12.8. The predicted octanol–water partition coefficient (Wildman–Crippen LogP) is 2.12. The standard InChI is InChI=1S/C15H21NO3/c1-15(5-7-17-8-6-15)16-11-12-3-2-4-13-14(12)19-10-9-18-13/h2-4,16H,5-11H2,1H3. The number of rotatable bonds is 3. The topological polar surface area (TPSA) is 39.7 Å². The molecule has 1 aromatic rings. The Balaban J connectivity index is 1.69. The smallest absolute Gasteiger partial charge is 0.165 e. The third-order valence-electron chi connectivity index (χ3n) is 3.95. The second-order valence-corrected chi connectivity index (χ2v) is 5.47. The van der Waals surface area contributed by atoms with Gasteiger partial charge in [-0.2, -0.15) is 0 Å². The van der Waals surface area contributed by atoms with Gasteiger partial charge in [-0.15, -0.1) is 0 Å². The van der Waals surface area contributed by atoms with Gasteiger partial charge in [0.05, 0.1) is 0 Å². The van der Waals surface area contributed by atoms with Gasteiger partial charge in [0.15, 0.2) is 11.5 Å². The minimum absolute atomic E-state index is 0.163. The van der Waals surface area contributed by atoms with Crippen molar-refractivity contribution in [2.24, 2.45) is 0 Å². The van der Waals surface area contributed by atoms with Crippen molar-refractivity contribution in [1.29, 1.82) is 0 Å². The molecule has 19 heavy (non-hydrogen) atoms. The average molecular weight is 263 g/mol. The lowest BCUT2D eigenvalue weighted by molar-refractivity contribution is 0.0444. The first-order valence-corrected chi connectivity index (χ1v) is 6.97. The van der Waals surface area contributed by atoms with Crippen molar-refractivity contribution in [1.82, 2.24) is 5.32 Å². The lowest BCUT2D eigenvalue weighted by atomic mass is 9.92. The van der Waals surface area contributed by atoms with Gasteiger partial charge in [-0.05, 0) is 25.8 Å². The highest BCUT2D eigenvalue weighted by Gasteiger charge is 2.27. The Morgan fingerprint density at radius 1 is 1.11 bits per heavy atom. The first-order chi connectivity index (χ1) is 9.27. The Hall–Kier alpha value is -1.26. The third-order valence-corrected chi connectivity index (χ3v) is 3.95. The minimum atomic E-state index is 0.163. The monoisotopic (exact) mass is 263 g/mol. The van der Waals surface area contributed by atoms with Gasteiger partial charge >= 0.3 is 0 Å². The van der Waals surface area contributed by atoms with Crippen LogP contribution in [0.2, 0.25) is 0 Å². The number of hydrogen-bond acceptors (Lipinski definition) is 4. The van der Waals surface area contributed by atoms with E-state index in [4.69, 9.17) is 14.2 Å². The van der Waals surface area contributed by atoms with Crippen LogP contribution in [-0.4, -0.2) is 32.0 Å². The molecule has 4 nitrogen and oxygen atoms in total. The van der Waals surface area contributed by atoms with Gasteiger partial charge in [-0.1, -0.05) is 12.1 Å². The molecule has 1 fully saturated rings. The van der Waals surface area contributed by atoms with Crippen molar-refractivity contribution < 1.29 is 14.2 Å². The number of nitrogens with one attached hydrogen (secondary N) is 1. The Morgan fingerprint density at radius 3 is 2.74 bits per heavy atom. The SMILES string of the molecule is CC1(NCc2cccc3c2OCCO3)CCOCC1. The van der Waals surface area contributed by atoms with Crippen molar-refractivity contribution in [3.63, 3.8) is 0 Å². The fourth-order valence-corrected chi connectivity index (χ4v) is 2.58. The van der Waals surface area contributed by atoms with Gasteiger partial charge < -0.3 is 19.5 Å². The van der Waals surface area contributed by atoms with Crippen LogP contribution in [0.25, 0.3) is 0 Å². The van der Waals surface area contributed by atoms with Crippen LogP contribution >= 0.6 is 0 Å². The molecule has 104 valence electrons. The molecule has 0 aromatic heterocycles. The van der Waals surface area contributed by atoms with Crippen molar-refractivity contribution in [3.8, 4) is 11.5 Å². The molecule has 0 saturated carbocycles. The molecule has 4 heteroatoms. The van der Waals surface area contributed by atoms with Crippen LogP contribution in [0.4, 0.5) is 0 Å². The summed E-state index contributed by atoms with van der Waals surface area (Å²) in [5, 5.41) is 3.65. The zero-order valence-electron chi connectivity index (χ0n) is 11.4. The van der Waals surface area contributed by atoms with Crippen molar-refractivity contribution in [2.75, 3.05) is 26.4 Å². The summed E-state index contributed by atoms with van der Waals surface area (Å²) in [7, 11) is 0. The maximum absolute atomic E-state index is 5.74. The molecule has 3 rings (SSSR count). The highest BCUT2D eigenvalue weighted by Crippen LogP contribution is 2.34. The molecule has 0 bridgehead atoms. The summed E-state index contributed by atoms with van der Waals surface area (Å²) in [6.45, 7) is 6.03. The predicted molar refractivity (Wildman–Crippen MR) is 72.7 cm³/mol. The largest absolute Gasteiger partial charge is 0.486 e. The van der Waals surface area contributed by atoms with E-state index in [1.54, 1.807) is 0 Å². The Labute approximate surface area is 114 Å². The number of fused-ring (bicyclic) bond motifs is 1. The maximum Gasteiger partial charge on any atom is 0.165 e. The van der Waals surface area contributed by atoms with Crippen LogP contribution in [0.5, 0.6) is 11.5 Å². The Morgan fingerprint density at radius 2 is 1.89 bits per heavy atom. The van der Waals surface area contributed by atoms with E-state index in [0.29, 0.717) is 13.2 Å². The van der Waals surface area contributed by atoms with Crippen LogP contribution < -0.4 is 14.8 Å². The summed E-state index contributed by atoms with van der Waals surface area (Å²) in [6, 6.07) is 6.09. The maximum atomic E-state index is 5.74. The second-order valence-electron chi connectivity index (χ2n) is 5.47. The van der Waals surface area contributed by atoms with Crippen molar-refractivity contribution in [3.05, 3.63) is 23.8 Å². The van der Waals surface area contributed by atoms with E-state index in [-0.39, 0.29) is 5.54 Å². The fourth-order valence-electron chi connectivity index (χ4n) is 2.58. The van der Waals surface area contributed by atoms with Crippen LogP contribution in [0.1, 0.15) is 25.3 Å². The van der Waals surface area contributed by atoms with E-state index >= 15 is 0 Å². The van der Waals surface area contributed by atoms with Crippen molar-refractivity contribution >= 4 is 0 Å². The fraction of sp³-hybridized carbons (Fsp3) is 0.600. The van der Waals surface area contributed by atoms with Gasteiger partial charge in [0.25, 0.3) is 0 Å². The molecule has 1 N–H and O–H groups in total. The summed E-state index contributed by atoms with van der Waals surface area (Å²) >= 11 is 0. The van der Waals surface area contributed by atoms with E-state index in [2.05, 4.69) is 18.3 Å². The van der Waals surface area contributed by atoms with E-state index in [1.807, 2.05) is 12.1 Å². The van der Waals surface area contributed by atoms with E-state index in [1.165, 1.54) is 5.56 Å². The lowest BCUT2D eigenvalue weighted by Crippen LogP contribution is -2.46. The highest BCUT2D eigenvalue weighted by atomic mass is 16.6. The molecule has 0 spiro atoms. The van der Waals surface area contributed by atoms with E-state index in [0.717, 1.165) is 44.1 Å². The first-order valence-electron chi connectivity index (χ1n) is 6.97. The summed E-state index contributed by atoms with van der Waals surface area (Å²) < 4.78 is 16.8. The Bertz CT molecular complexity index is 441. The van der Waals surface area contributed by atoms with Crippen molar-refractivity contribution in [2.45, 2.75) is 31.8 Å². The van der Waals surface area contributed by atoms with Gasteiger partial charge in [0.1, 0.15) is 13.2 Å². The molecule has 0 aliphatic carbocycles. The average Bonchev–Trinajstić information content (AvgIpc) is 2.46. The van der Waals surface area contributed by atoms with Crippen LogP contribution in [0, 0.1) is 0 Å². The summed E-state index contributed by atoms with van der Waals surface area (Å²) in [5.74, 6) is 1.76. The molecule has 2 aliphatic rings. The molecular weight excluding hydrogens is 242 g/mol. The minimum Gasteiger partial charge on any atom is -0.486 e. The van der Waals surface area contributed by atoms with Gasteiger partial charge in [-0.25, -0.2) is 0 Å². The quantitative estimate of drug-likeness (QED) is 0.906. The molecule has 1 aromatic carbocycles. The molecule has 2 heterocycles. The molecule has 0 unspecified atom stereocenters. The zero-order chi connectivity index (χ0) is 13.1. The molecule has 0 amide bonds. The highest BCUT2D eigenvalue weighted by molar-refractivity contribution is 5.47. The van der Waals surface area contributed by atoms with Crippen LogP contribution in [0.15, 0.2) is 18.2 Å². The number of benzene rings is 1. The summed E-state index contributed by atoms with van der Waals surface area (Å²) in [6.07, 6.45) is 2.11. The summed E-state index contributed by atoms with van der Waals surface area (Å²) in [4.78, 5) is 0. The normalized spacial score (nSPS) is 21.1. The molecule has 2 aliphatic heterocycles. The van der Waals surface area contributed by atoms with Crippen LogP contribution in [0.3, 0.4) is 0 Å². The molecule has 0 radical (unpaired) electrons. The Kier molecular flexibility index (Phi) is 3.62. The molecular formula is C15H21NO3. The van der Waals surface area contributed by atoms with E-state index < -0.39 is 0 Å². The number of para-hydroxylation sites is 1. The third kappa shape index (κ3) is 2.85. The lowest BCUT2D eigenvalue weighted by Gasteiger charge is -2.35. The van der Waals surface area contributed by atoms with Gasteiger partial charge in [0, 0.05) is 30.9 Å². The molecule has 1 saturated heterocycles. The second kappa shape index (κ2) is 5.39. The zero-order valence-corrected chi connectivity index (χ0v) is 11.4. The van der Waals surface area contributed by atoms with Crippen LogP contribution in [-0.2, 0) is 11.3 Å². The molecule has 0 atom stereocenters. The van der Waals surface area contributed by atoms with E-state index in [9.17, 15) is 0 Å². The van der Waals surface area contributed by atoms with Gasteiger partial charge in [-0.3, -0.25) is 0 Å². The van der Waals surface area contributed by atoms with Gasteiger partial charge in [0.2, 0.25) is 0 Å². The summed E-state index contributed by atoms with van der Waals surface area (Å²) in [5.41, 5.74) is 1.33. The number of ether oxygens (including phenoxy) is 3.